The van der Waals surface area contributed by atoms with E-state index in [9.17, 15) is 19.2 Å². The Balaban J connectivity index is 0.000000205. The van der Waals surface area contributed by atoms with Crippen LogP contribution >= 0.6 is 94.2 Å². The Morgan fingerprint density at radius 3 is 1.33 bits per heavy atom. The van der Waals surface area contributed by atoms with E-state index in [0.717, 1.165) is 22.3 Å². The van der Waals surface area contributed by atoms with Crippen molar-refractivity contribution < 1.29 is 29.4 Å². The minimum atomic E-state index is -1.11. The minimum Gasteiger partial charge on any atom is -0.478 e. The van der Waals surface area contributed by atoms with E-state index in [1.807, 2.05) is 109 Å². The Hall–Kier alpha value is -7.05. The van der Waals surface area contributed by atoms with Crippen molar-refractivity contribution in [1.29, 1.82) is 0 Å². The molecule has 0 aliphatic carbocycles. The number of carboxylic acid groups (broad SMARTS) is 2. The van der Waals surface area contributed by atoms with Crippen LogP contribution in [0.2, 0.25) is 25.1 Å². The number of thiocarbonyl (C=S) groups is 2. The van der Waals surface area contributed by atoms with Gasteiger partial charge in [0.2, 0.25) is 5.12 Å². The van der Waals surface area contributed by atoms with E-state index >= 15 is 0 Å². The normalized spacial score (nSPS) is 13.1. The number of rotatable bonds is 15. The van der Waals surface area contributed by atoms with Crippen LogP contribution in [0, 0.1) is 0 Å². The molecule has 3 unspecified atom stereocenters. The Kier molecular flexibility index (Phi) is 22.0. The topological polar surface area (TPSA) is 270 Å². The van der Waals surface area contributed by atoms with Gasteiger partial charge >= 0.3 is 11.9 Å². The van der Waals surface area contributed by atoms with Gasteiger partial charge in [0.15, 0.2) is 27.7 Å². The van der Waals surface area contributed by atoms with E-state index in [0.29, 0.717) is 38.3 Å². The van der Waals surface area contributed by atoms with Gasteiger partial charge in [-0.25, -0.2) is 30.4 Å². The second kappa shape index (κ2) is 28.7. The molecule has 0 spiro atoms. The number of pyridine rings is 3. The summed E-state index contributed by atoms with van der Waals surface area (Å²) in [6.45, 7) is 0. The fourth-order valence-electron chi connectivity index (χ4n) is 6.72. The standard InChI is InChI=1S/C24H21Cl2N5O2S2.C20H16Cl2N4O2S.C6H6ClN3O2/c25-17-8-6-15(7-9-17)20(14-4-2-1-3-5-14)29-24(34)31-30-21-18(26)12-16(13-27-21)22(32)28-19-10-11-35-23(19)33;21-15-8-6-13(7-9-15)17(12-4-2-1-3-5-12)24-20(29)26-25-18-16(22)10-14(11-23-18)19(27)28;7-4-1-3(6(11)12)2-9-5(4)10-8/h1-9,12-13,19-20H,10-11H2,(H,27,30)(H,28,32)(H2,29,31,34);1-11,17H,(H,23,25)(H,27,28)(H2,24,26,29);1-2H,8H2,(H,9,10)(H,11,12). The summed E-state index contributed by atoms with van der Waals surface area (Å²) in [5.41, 5.74) is 17.9. The third-order valence-corrected chi connectivity index (χ3v) is 13.3. The number of thioether (sulfide) groups is 1. The zero-order valence-corrected chi connectivity index (χ0v) is 45.3. The Bertz CT molecular complexity index is 3180. The number of hydrogen-bond acceptors (Lipinski definition) is 14. The molecule has 0 bridgehead atoms. The highest BCUT2D eigenvalue weighted by Crippen LogP contribution is 2.27. The highest BCUT2D eigenvalue weighted by molar-refractivity contribution is 8.14. The van der Waals surface area contributed by atoms with Crippen LogP contribution in [0.25, 0.3) is 0 Å². The summed E-state index contributed by atoms with van der Waals surface area (Å²) >= 11 is 42.1. The maximum Gasteiger partial charge on any atom is 0.337 e. The lowest BCUT2D eigenvalue weighted by atomic mass is 9.99. The summed E-state index contributed by atoms with van der Waals surface area (Å²) in [5, 5.41) is 29.2. The third kappa shape index (κ3) is 17.2. The largest absolute Gasteiger partial charge is 0.478 e. The van der Waals surface area contributed by atoms with Crippen molar-refractivity contribution in [3.05, 3.63) is 210 Å². The molecule has 1 fully saturated rings. The highest BCUT2D eigenvalue weighted by atomic mass is 35.5. The average Bonchev–Trinajstić information content (AvgIpc) is 3.83. The molecule has 8 rings (SSSR count). The summed E-state index contributed by atoms with van der Waals surface area (Å²) < 4.78 is 0. The first-order valence-electron chi connectivity index (χ1n) is 22.1. The van der Waals surface area contributed by atoms with Gasteiger partial charge in [0, 0.05) is 34.4 Å². The van der Waals surface area contributed by atoms with Gasteiger partial charge in [-0.3, -0.25) is 31.3 Å². The maximum atomic E-state index is 12.4. The molecule has 18 nitrogen and oxygen atoms in total. The van der Waals surface area contributed by atoms with Crippen molar-refractivity contribution in [3.63, 3.8) is 0 Å². The number of carboxylic acids is 2. The number of hydrogen-bond donors (Lipinski definition) is 11. The fraction of sp³-hybridized carbons (Fsp3) is 0.100. The van der Waals surface area contributed by atoms with Crippen LogP contribution in [0.15, 0.2) is 146 Å². The molecule has 1 saturated heterocycles. The number of nitrogens with zero attached hydrogens (tertiary/aromatic N) is 3. The second-order valence-electron chi connectivity index (χ2n) is 15.6. The summed E-state index contributed by atoms with van der Waals surface area (Å²) in [7, 11) is 0. The van der Waals surface area contributed by atoms with Crippen molar-refractivity contribution in [2.45, 2.75) is 24.5 Å². The van der Waals surface area contributed by atoms with Crippen molar-refractivity contribution in [2.24, 2.45) is 5.84 Å². The molecular weight excluding hydrogens is 1140 g/mol. The van der Waals surface area contributed by atoms with Crippen LogP contribution in [0.1, 0.15) is 71.8 Å². The molecule has 4 aromatic carbocycles. The highest BCUT2D eigenvalue weighted by Gasteiger charge is 2.27. The van der Waals surface area contributed by atoms with Gasteiger partial charge in [-0.05, 0) is 95.6 Å². The maximum absolute atomic E-state index is 12.4. The molecule has 3 aromatic heterocycles. The van der Waals surface area contributed by atoms with Gasteiger partial charge in [0.1, 0.15) is 0 Å². The SMILES string of the molecule is NNc1ncc(C(=O)O)cc1Cl.O=C(NC1CCSC1=O)c1cnc(NNC(=S)NC(c2ccccc2)c2ccc(Cl)cc2)c(Cl)c1.O=C(O)c1cnc(NNC(=S)NC(c2ccccc2)c2ccc(Cl)cc2)c(Cl)c1. The van der Waals surface area contributed by atoms with E-state index < -0.39 is 23.9 Å². The van der Waals surface area contributed by atoms with E-state index in [4.69, 9.17) is 98.5 Å². The number of nitrogens with one attached hydrogen (secondary N) is 8. The number of hydrazine groups is 3. The number of aromatic nitrogens is 3. The quantitative estimate of drug-likeness (QED) is 0.0259. The predicted octanol–water partition coefficient (Wildman–Crippen LogP) is 10.1. The number of anilines is 3. The monoisotopic (exact) mass is 1180 g/mol. The number of nitrogens with two attached hydrogens (primary N) is 1. The molecule has 0 radical (unpaired) electrons. The van der Waals surface area contributed by atoms with Crippen molar-refractivity contribution in [3.8, 4) is 0 Å². The molecule has 26 heteroatoms. The van der Waals surface area contributed by atoms with Crippen LogP contribution in [-0.4, -0.2) is 70.1 Å². The van der Waals surface area contributed by atoms with E-state index in [1.54, 1.807) is 0 Å². The van der Waals surface area contributed by atoms with Gasteiger partial charge in [-0.2, -0.15) is 0 Å². The van der Waals surface area contributed by atoms with Gasteiger partial charge in [-0.15, -0.1) is 0 Å². The lowest BCUT2D eigenvalue weighted by Gasteiger charge is -2.22. The van der Waals surface area contributed by atoms with E-state index in [-0.39, 0.29) is 60.6 Å². The Labute approximate surface area is 475 Å². The third-order valence-electron chi connectivity index (χ3n) is 10.5. The van der Waals surface area contributed by atoms with Crippen LogP contribution in [0.3, 0.4) is 0 Å². The number of carbonyl (C=O) groups excluding carboxylic acids is 2. The van der Waals surface area contributed by atoms with Crippen LogP contribution < -0.4 is 48.9 Å². The van der Waals surface area contributed by atoms with Gasteiger partial charge < -0.3 is 31.6 Å². The molecule has 1 aliphatic rings. The summed E-state index contributed by atoms with van der Waals surface area (Å²) in [5.74, 6) is 3.95. The van der Waals surface area contributed by atoms with Gasteiger partial charge in [0.05, 0.1) is 49.9 Å². The summed E-state index contributed by atoms with van der Waals surface area (Å²) in [4.78, 5) is 57.4. The lowest BCUT2D eigenvalue weighted by Crippen LogP contribution is -2.41. The van der Waals surface area contributed by atoms with Crippen molar-refractivity contribution >= 4 is 145 Å². The summed E-state index contributed by atoms with van der Waals surface area (Å²) in [6, 6.07) is 37.8. The zero-order chi connectivity index (χ0) is 54.7. The first-order chi connectivity index (χ1) is 36.5. The number of nitrogen functional groups attached to an aromatic ring is 1. The van der Waals surface area contributed by atoms with Gasteiger partial charge in [0.25, 0.3) is 5.91 Å². The van der Waals surface area contributed by atoms with E-state index in [1.165, 1.54) is 48.6 Å². The van der Waals surface area contributed by atoms with E-state index in [2.05, 4.69) is 58.0 Å². The van der Waals surface area contributed by atoms with Crippen molar-refractivity contribution in [2.75, 3.05) is 22.0 Å². The van der Waals surface area contributed by atoms with Crippen LogP contribution in [0.5, 0.6) is 0 Å². The second-order valence-corrected chi connectivity index (χ2v) is 19.6. The molecule has 12 N–H and O–H groups in total. The number of halogens is 5. The molecular formula is C50H43Cl5N12O6S3. The molecule has 1 aliphatic heterocycles. The number of amides is 1. The molecule has 3 atom stereocenters. The first kappa shape index (κ1) is 58.2. The number of carbonyl (C=O) groups is 4. The average molecular weight is 1180 g/mol. The Morgan fingerprint density at radius 2 is 0.961 bits per heavy atom. The molecule has 1 amide bonds. The molecule has 392 valence electrons. The number of aromatic carboxylic acids is 2. The Morgan fingerprint density at radius 1 is 0.579 bits per heavy atom. The zero-order valence-electron chi connectivity index (χ0n) is 39.1. The predicted molar refractivity (Wildman–Crippen MR) is 307 cm³/mol. The minimum absolute atomic E-state index is 0.00636. The first-order valence-corrected chi connectivity index (χ1v) is 25.8. The molecule has 76 heavy (non-hydrogen) atoms. The molecule has 7 aromatic rings. The lowest BCUT2D eigenvalue weighted by molar-refractivity contribution is -0.112. The van der Waals surface area contributed by atoms with Crippen LogP contribution in [0.4, 0.5) is 17.5 Å². The van der Waals surface area contributed by atoms with Crippen LogP contribution in [-0.2, 0) is 4.79 Å². The van der Waals surface area contributed by atoms with Crippen molar-refractivity contribution in [1.82, 2.24) is 41.8 Å². The summed E-state index contributed by atoms with van der Waals surface area (Å²) in [6.07, 6.45) is 4.37. The number of benzene rings is 4. The smallest absolute Gasteiger partial charge is 0.337 e. The van der Waals surface area contributed by atoms with Gasteiger partial charge in [-0.1, -0.05) is 155 Å². The fourth-order valence-corrected chi connectivity index (χ4v) is 8.89. The molecule has 4 heterocycles. The molecule has 0 saturated carbocycles.